The molecule has 202 valence electrons. The van der Waals surface area contributed by atoms with E-state index in [2.05, 4.69) is 45.7 Å². The Hall–Kier alpha value is -4.07. The fourth-order valence-corrected chi connectivity index (χ4v) is 5.42. The maximum Gasteiger partial charge on any atom is 0.252 e. The van der Waals surface area contributed by atoms with Gasteiger partial charge in [-0.05, 0) is 73.0 Å². The number of para-hydroxylation sites is 1. The molecule has 0 bridgehead atoms. The van der Waals surface area contributed by atoms with Crippen molar-refractivity contribution in [2.45, 2.75) is 44.8 Å². The molecule has 4 aromatic rings. The van der Waals surface area contributed by atoms with Crippen LogP contribution in [0.4, 0.5) is 5.69 Å². The normalized spacial score (nSPS) is 14.5. The molecule has 7 N–H and O–H groups in total. The lowest BCUT2D eigenvalue weighted by molar-refractivity contribution is 0.0960. The van der Waals surface area contributed by atoms with Crippen LogP contribution in [0.15, 0.2) is 67.2 Å². The number of carbonyl (C=O) groups is 1. The number of benzene rings is 3. The number of H-pyrrole nitrogens is 1. The summed E-state index contributed by atoms with van der Waals surface area (Å²) in [4.78, 5) is 16.2. The zero-order chi connectivity index (χ0) is 27.2. The summed E-state index contributed by atoms with van der Waals surface area (Å²) in [5.41, 5.74) is 13.6. The third-order valence-electron chi connectivity index (χ3n) is 7.44. The lowest BCUT2D eigenvalue weighted by Gasteiger charge is -2.15. The van der Waals surface area contributed by atoms with Crippen LogP contribution in [-0.4, -0.2) is 29.1 Å². The molecule has 3 aromatic carbocycles. The minimum atomic E-state index is -0.295. The van der Waals surface area contributed by atoms with Crippen LogP contribution >= 0.6 is 0 Å². The fourth-order valence-electron chi connectivity index (χ4n) is 5.42. The molecule has 0 saturated carbocycles. The second kappa shape index (κ2) is 12.2. The molecule has 1 aromatic heterocycles. The summed E-state index contributed by atoms with van der Waals surface area (Å²) in [6.07, 6.45) is 6.37. The summed E-state index contributed by atoms with van der Waals surface area (Å²) in [5.74, 6) is 0.0558. The van der Waals surface area contributed by atoms with Gasteiger partial charge in [0.05, 0.1) is 6.04 Å². The van der Waals surface area contributed by atoms with Crippen LogP contribution in [0.2, 0.25) is 0 Å². The number of aromatic nitrogens is 1. The number of hydrogen-bond acceptors (Lipinski definition) is 5. The number of anilines is 1. The molecule has 7 heteroatoms. The number of nitrogens with one attached hydrogen (secondary N) is 4. The van der Waals surface area contributed by atoms with Crippen molar-refractivity contribution in [2.75, 3.05) is 18.8 Å². The molecule has 39 heavy (non-hydrogen) atoms. The molecule has 7 nitrogen and oxygen atoms in total. The van der Waals surface area contributed by atoms with Crippen molar-refractivity contribution in [1.82, 2.24) is 20.9 Å². The van der Waals surface area contributed by atoms with Gasteiger partial charge in [-0.25, -0.2) is 0 Å². The van der Waals surface area contributed by atoms with Gasteiger partial charge in [0, 0.05) is 46.5 Å². The first-order valence-corrected chi connectivity index (χ1v) is 13.7. The second-order valence-corrected chi connectivity index (χ2v) is 10.2. The highest BCUT2D eigenvalue weighted by Gasteiger charge is 2.33. The predicted molar refractivity (Wildman–Crippen MR) is 159 cm³/mol. The number of aromatic hydroxyl groups is 1. The van der Waals surface area contributed by atoms with Gasteiger partial charge < -0.3 is 31.8 Å². The van der Waals surface area contributed by atoms with Crippen molar-refractivity contribution in [3.63, 3.8) is 0 Å². The second-order valence-electron chi connectivity index (χ2n) is 10.2. The topological polar surface area (TPSA) is 115 Å². The molecule has 1 amide bonds. The van der Waals surface area contributed by atoms with Gasteiger partial charge in [-0.3, -0.25) is 4.79 Å². The number of nitrogens with two attached hydrogens (primary N) is 1. The van der Waals surface area contributed by atoms with Crippen molar-refractivity contribution in [2.24, 2.45) is 0 Å². The van der Waals surface area contributed by atoms with E-state index in [1.165, 1.54) is 18.4 Å². The van der Waals surface area contributed by atoms with E-state index < -0.39 is 0 Å². The van der Waals surface area contributed by atoms with Crippen molar-refractivity contribution in [3.05, 3.63) is 101 Å². The molecule has 5 rings (SSSR count). The summed E-state index contributed by atoms with van der Waals surface area (Å²) in [7, 11) is 0. The Balaban J connectivity index is 1.09. The minimum Gasteiger partial charge on any atom is -0.508 e. The Morgan fingerprint density at radius 2 is 1.72 bits per heavy atom. The summed E-state index contributed by atoms with van der Waals surface area (Å²) < 4.78 is 0. The first kappa shape index (κ1) is 26.5. The minimum absolute atomic E-state index is 0.108. The molecule has 0 aliphatic carbocycles. The fraction of sp³-hybridized carbons (Fsp3) is 0.281. The molecular formula is C32H37N5O2. The van der Waals surface area contributed by atoms with E-state index in [0.717, 1.165) is 71.5 Å². The van der Waals surface area contributed by atoms with Crippen molar-refractivity contribution in [3.8, 4) is 5.75 Å². The third kappa shape index (κ3) is 6.00. The van der Waals surface area contributed by atoms with E-state index >= 15 is 0 Å². The maximum atomic E-state index is 12.6. The molecule has 0 fully saturated rings. The Labute approximate surface area is 229 Å². The average Bonchev–Trinajstić information content (AvgIpc) is 3.46. The molecule has 1 aliphatic rings. The van der Waals surface area contributed by atoms with Gasteiger partial charge in [-0.2, -0.15) is 0 Å². The van der Waals surface area contributed by atoms with Crippen molar-refractivity contribution in [1.29, 1.82) is 0 Å². The standard InChI is InChI=1S/C32H37N5O2/c1-2-22-12-11-21(17-27(22)33)19-34-15-7-3-4-8-16-35-20-29-30(25-9-5-6-10-28(25)36-29)31-26-18-23(38)13-14-24(26)32(39)37-31/h2,5-6,9-14,17-18,31,34-36,38H,1,3-4,7-8,15-16,19-20,33H2,(H,37,39). The maximum absolute atomic E-state index is 12.6. The van der Waals surface area contributed by atoms with Gasteiger partial charge in [-0.15, -0.1) is 0 Å². The van der Waals surface area contributed by atoms with E-state index in [4.69, 9.17) is 5.73 Å². The van der Waals surface area contributed by atoms with Crippen LogP contribution < -0.4 is 21.7 Å². The molecule has 1 unspecified atom stereocenters. The van der Waals surface area contributed by atoms with E-state index in [9.17, 15) is 9.90 Å². The van der Waals surface area contributed by atoms with E-state index in [1.807, 2.05) is 24.3 Å². The number of hydrogen-bond donors (Lipinski definition) is 6. The number of unbranched alkanes of at least 4 members (excludes halogenated alkanes) is 3. The smallest absolute Gasteiger partial charge is 0.252 e. The molecule has 2 heterocycles. The quantitative estimate of drug-likeness (QED) is 0.104. The summed E-state index contributed by atoms with van der Waals surface area (Å²) in [6, 6.07) is 18.9. The molecule has 0 spiro atoms. The van der Waals surface area contributed by atoms with E-state index in [0.29, 0.717) is 12.1 Å². The zero-order valence-electron chi connectivity index (χ0n) is 22.2. The molecule has 0 saturated heterocycles. The number of fused-ring (bicyclic) bond motifs is 2. The van der Waals surface area contributed by atoms with Gasteiger partial charge in [0.15, 0.2) is 0 Å². The number of carbonyl (C=O) groups excluding carboxylic acids is 1. The van der Waals surface area contributed by atoms with Crippen LogP contribution in [0.3, 0.4) is 0 Å². The Kier molecular flexibility index (Phi) is 8.30. The van der Waals surface area contributed by atoms with Crippen LogP contribution in [0.1, 0.15) is 70.0 Å². The first-order valence-electron chi connectivity index (χ1n) is 13.7. The molecule has 1 atom stereocenters. The molecule has 0 radical (unpaired) electrons. The van der Waals surface area contributed by atoms with Crippen molar-refractivity contribution < 1.29 is 9.90 Å². The monoisotopic (exact) mass is 523 g/mol. The van der Waals surface area contributed by atoms with Crippen LogP contribution in [0.5, 0.6) is 5.75 Å². The SMILES string of the molecule is C=Cc1ccc(CNCCCCCCNCc2[nH]c3ccccc3c2C2NC(=O)c3ccc(O)cc32)cc1N. The highest BCUT2D eigenvalue weighted by Crippen LogP contribution is 2.38. The Morgan fingerprint density at radius 3 is 2.49 bits per heavy atom. The van der Waals surface area contributed by atoms with Gasteiger partial charge in [0.25, 0.3) is 5.91 Å². The van der Waals surface area contributed by atoms with E-state index in [1.54, 1.807) is 24.3 Å². The first-order chi connectivity index (χ1) is 19.0. The van der Waals surface area contributed by atoms with Crippen LogP contribution in [-0.2, 0) is 13.1 Å². The lowest BCUT2D eigenvalue weighted by Crippen LogP contribution is -2.22. The highest BCUT2D eigenvalue weighted by atomic mass is 16.3. The Bertz CT molecular complexity index is 1470. The number of phenolic OH excluding ortho intramolecular Hbond substituents is 1. The van der Waals surface area contributed by atoms with Gasteiger partial charge in [-0.1, -0.05) is 55.8 Å². The number of phenols is 1. The van der Waals surface area contributed by atoms with E-state index in [-0.39, 0.29) is 17.7 Å². The predicted octanol–water partition coefficient (Wildman–Crippen LogP) is 5.37. The van der Waals surface area contributed by atoms with Gasteiger partial charge >= 0.3 is 0 Å². The Morgan fingerprint density at radius 1 is 0.949 bits per heavy atom. The summed E-state index contributed by atoms with van der Waals surface area (Å²) in [5, 5.41) is 21.4. The average molecular weight is 524 g/mol. The number of aromatic amines is 1. The van der Waals surface area contributed by atoms with Crippen LogP contribution in [0.25, 0.3) is 17.0 Å². The third-order valence-corrected chi connectivity index (χ3v) is 7.44. The summed E-state index contributed by atoms with van der Waals surface area (Å²) in [6.45, 7) is 7.19. The summed E-state index contributed by atoms with van der Waals surface area (Å²) >= 11 is 0. The number of amides is 1. The number of nitrogen functional groups attached to an aromatic ring is 1. The zero-order valence-corrected chi connectivity index (χ0v) is 22.2. The molecular weight excluding hydrogens is 486 g/mol. The van der Waals surface area contributed by atoms with Gasteiger partial charge in [0.2, 0.25) is 0 Å². The van der Waals surface area contributed by atoms with Gasteiger partial charge in [0.1, 0.15) is 5.75 Å². The number of rotatable bonds is 13. The lowest BCUT2D eigenvalue weighted by atomic mass is 9.95. The van der Waals surface area contributed by atoms with Crippen molar-refractivity contribution >= 4 is 28.6 Å². The highest BCUT2D eigenvalue weighted by molar-refractivity contribution is 6.01. The largest absolute Gasteiger partial charge is 0.508 e. The molecule has 1 aliphatic heterocycles. The van der Waals surface area contributed by atoms with Crippen LogP contribution in [0, 0.1) is 0 Å².